The smallest absolute Gasteiger partial charge is 0.305 e. The molecular weight excluding hydrogens is 246 g/mol. The number of rotatable bonds is 5. The summed E-state index contributed by atoms with van der Waals surface area (Å²) in [7, 11) is 0. The minimum Gasteiger partial charge on any atom is -0.481 e. The van der Waals surface area contributed by atoms with Gasteiger partial charge in [-0.3, -0.25) is 9.59 Å². The molecular formula is C14H17NO4. The summed E-state index contributed by atoms with van der Waals surface area (Å²) < 4.78 is 5.05. The van der Waals surface area contributed by atoms with Crippen molar-refractivity contribution in [3.05, 3.63) is 35.9 Å². The Morgan fingerprint density at radius 2 is 2.00 bits per heavy atom. The Bertz CT molecular complexity index is 468. The number of benzene rings is 1. The van der Waals surface area contributed by atoms with Crippen LogP contribution in [0.2, 0.25) is 0 Å². The highest BCUT2D eigenvalue weighted by Gasteiger charge is 2.41. The molecule has 0 aromatic heterocycles. The van der Waals surface area contributed by atoms with Gasteiger partial charge >= 0.3 is 5.97 Å². The monoisotopic (exact) mass is 263 g/mol. The molecule has 1 unspecified atom stereocenters. The van der Waals surface area contributed by atoms with E-state index in [1.54, 1.807) is 0 Å². The van der Waals surface area contributed by atoms with Crippen molar-refractivity contribution in [2.45, 2.75) is 19.4 Å². The number of carbonyl (C=O) groups excluding carboxylic acids is 1. The van der Waals surface area contributed by atoms with Gasteiger partial charge in [-0.25, -0.2) is 0 Å². The maximum absolute atomic E-state index is 12.1. The predicted octanol–water partition coefficient (Wildman–Crippen LogP) is 1.36. The van der Waals surface area contributed by atoms with E-state index in [2.05, 4.69) is 5.32 Å². The van der Waals surface area contributed by atoms with Crippen molar-refractivity contribution in [3.8, 4) is 0 Å². The van der Waals surface area contributed by atoms with Crippen molar-refractivity contribution in [1.82, 2.24) is 5.32 Å². The van der Waals surface area contributed by atoms with Crippen LogP contribution in [0.3, 0.4) is 0 Å². The molecule has 1 fully saturated rings. The summed E-state index contributed by atoms with van der Waals surface area (Å²) >= 11 is 0. The van der Waals surface area contributed by atoms with Crippen LogP contribution in [0.4, 0.5) is 0 Å². The summed E-state index contributed by atoms with van der Waals surface area (Å²) in [5.41, 5.74) is 0.257. The molecule has 1 aliphatic heterocycles. The zero-order valence-electron chi connectivity index (χ0n) is 10.8. The van der Waals surface area contributed by atoms with Crippen molar-refractivity contribution in [1.29, 1.82) is 0 Å². The highest BCUT2D eigenvalue weighted by Crippen LogP contribution is 2.28. The topological polar surface area (TPSA) is 75.6 Å². The SMILES string of the molecule is CC1(C(=O)NC(CC(=O)O)c2ccccc2)COC1. The van der Waals surface area contributed by atoms with Crippen LogP contribution in [0.25, 0.3) is 0 Å². The van der Waals surface area contributed by atoms with Gasteiger partial charge in [0.05, 0.1) is 31.1 Å². The molecule has 1 heterocycles. The van der Waals surface area contributed by atoms with E-state index in [1.807, 2.05) is 37.3 Å². The number of aliphatic carboxylic acids is 1. The molecule has 0 saturated carbocycles. The molecule has 1 atom stereocenters. The van der Waals surface area contributed by atoms with Crippen molar-refractivity contribution in [2.75, 3.05) is 13.2 Å². The molecule has 1 aliphatic rings. The molecule has 0 bridgehead atoms. The largest absolute Gasteiger partial charge is 0.481 e. The summed E-state index contributed by atoms with van der Waals surface area (Å²) in [6.07, 6.45) is -0.132. The highest BCUT2D eigenvalue weighted by atomic mass is 16.5. The summed E-state index contributed by atoms with van der Waals surface area (Å²) in [6, 6.07) is 8.61. The van der Waals surface area contributed by atoms with Crippen LogP contribution in [0.1, 0.15) is 24.9 Å². The second kappa shape index (κ2) is 5.40. The van der Waals surface area contributed by atoms with E-state index < -0.39 is 17.4 Å². The Morgan fingerprint density at radius 3 is 2.47 bits per heavy atom. The fourth-order valence-electron chi connectivity index (χ4n) is 1.98. The number of carboxylic acid groups (broad SMARTS) is 1. The lowest BCUT2D eigenvalue weighted by molar-refractivity contribution is -0.158. The number of ether oxygens (including phenoxy) is 1. The first-order valence-corrected chi connectivity index (χ1v) is 6.17. The second-order valence-electron chi connectivity index (χ2n) is 5.09. The summed E-state index contributed by atoms with van der Waals surface area (Å²) in [5.74, 6) is -1.10. The number of nitrogens with one attached hydrogen (secondary N) is 1. The summed E-state index contributed by atoms with van der Waals surface area (Å²) in [4.78, 5) is 23.1. The molecule has 0 spiro atoms. The number of amides is 1. The molecule has 0 radical (unpaired) electrons. The van der Waals surface area contributed by atoms with Crippen LogP contribution in [-0.2, 0) is 14.3 Å². The number of carboxylic acids is 1. The third-order valence-corrected chi connectivity index (χ3v) is 3.28. The number of hydrogen-bond donors (Lipinski definition) is 2. The molecule has 1 saturated heterocycles. The first-order valence-electron chi connectivity index (χ1n) is 6.17. The van der Waals surface area contributed by atoms with E-state index in [0.717, 1.165) is 5.56 Å². The lowest BCUT2D eigenvalue weighted by Crippen LogP contribution is -2.52. The average molecular weight is 263 g/mol. The van der Waals surface area contributed by atoms with Gasteiger partial charge in [-0.1, -0.05) is 30.3 Å². The Balaban J connectivity index is 2.10. The third-order valence-electron chi connectivity index (χ3n) is 3.28. The Morgan fingerprint density at radius 1 is 1.37 bits per heavy atom. The standard InChI is InChI=1S/C14H17NO4/c1-14(8-19-9-14)13(18)15-11(7-12(16)17)10-5-3-2-4-6-10/h2-6,11H,7-9H2,1H3,(H,15,18)(H,16,17). The van der Waals surface area contributed by atoms with Gasteiger partial charge in [0.2, 0.25) is 5.91 Å². The van der Waals surface area contributed by atoms with E-state index in [0.29, 0.717) is 13.2 Å². The van der Waals surface area contributed by atoms with Gasteiger partial charge in [-0.15, -0.1) is 0 Å². The first-order chi connectivity index (χ1) is 9.01. The van der Waals surface area contributed by atoms with E-state index in [9.17, 15) is 9.59 Å². The van der Waals surface area contributed by atoms with Crippen molar-refractivity contribution in [3.63, 3.8) is 0 Å². The fraction of sp³-hybridized carbons (Fsp3) is 0.429. The minimum atomic E-state index is -0.941. The lowest BCUT2D eigenvalue weighted by Gasteiger charge is -2.37. The normalized spacial score (nSPS) is 18.2. The van der Waals surface area contributed by atoms with Gasteiger partial charge in [0.1, 0.15) is 0 Å². The minimum absolute atomic E-state index is 0.132. The van der Waals surface area contributed by atoms with E-state index in [1.165, 1.54) is 0 Å². The van der Waals surface area contributed by atoms with Gasteiger partial charge in [0.25, 0.3) is 0 Å². The molecule has 5 nitrogen and oxygen atoms in total. The van der Waals surface area contributed by atoms with Crippen molar-refractivity contribution < 1.29 is 19.4 Å². The first kappa shape index (κ1) is 13.5. The Hall–Kier alpha value is -1.88. The summed E-state index contributed by atoms with van der Waals surface area (Å²) in [6.45, 7) is 2.58. The van der Waals surface area contributed by atoms with Gasteiger partial charge in [0, 0.05) is 0 Å². The van der Waals surface area contributed by atoms with Gasteiger partial charge in [-0.05, 0) is 12.5 Å². The summed E-state index contributed by atoms with van der Waals surface area (Å²) in [5, 5.41) is 11.8. The maximum Gasteiger partial charge on any atom is 0.305 e. The van der Waals surface area contributed by atoms with Crippen LogP contribution in [-0.4, -0.2) is 30.2 Å². The molecule has 5 heteroatoms. The third kappa shape index (κ3) is 3.12. The molecule has 1 aromatic rings. The van der Waals surface area contributed by atoms with Crippen LogP contribution in [0.15, 0.2) is 30.3 Å². The number of carbonyl (C=O) groups is 2. The van der Waals surface area contributed by atoms with Crippen LogP contribution >= 0.6 is 0 Å². The van der Waals surface area contributed by atoms with Gasteiger partial charge in [0.15, 0.2) is 0 Å². The van der Waals surface area contributed by atoms with E-state index >= 15 is 0 Å². The van der Waals surface area contributed by atoms with Crippen LogP contribution in [0.5, 0.6) is 0 Å². The Labute approximate surface area is 111 Å². The molecule has 19 heavy (non-hydrogen) atoms. The molecule has 2 N–H and O–H groups in total. The van der Waals surface area contributed by atoms with Crippen molar-refractivity contribution in [2.24, 2.45) is 5.41 Å². The fourth-order valence-corrected chi connectivity index (χ4v) is 1.98. The van der Waals surface area contributed by atoms with Crippen LogP contribution in [0, 0.1) is 5.41 Å². The molecule has 1 amide bonds. The Kier molecular flexibility index (Phi) is 3.85. The van der Waals surface area contributed by atoms with Gasteiger partial charge < -0.3 is 15.2 Å². The molecule has 0 aliphatic carbocycles. The second-order valence-corrected chi connectivity index (χ2v) is 5.09. The molecule has 102 valence electrons. The zero-order chi connectivity index (χ0) is 13.9. The van der Waals surface area contributed by atoms with Crippen LogP contribution < -0.4 is 5.32 Å². The van der Waals surface area contributed by atoms with E-state index in [-0.39, 0.29) is 12.3 Å². The number of hydrogen-bond acceptors (Lipinski definition) is 3. The molecule has 1 aromatic carbocycles. The molecule has 2 rings (SSSR count). The van der Waals surface area contributed by atoms with Gasteiger partial charge in [-0.2, -0.15) is 0 Å². The lowest BCUT2D eigenvalue weighted by atomic mass is 9.87. The van der Waals surface area contributed by atoms with E-state index in [4.69, 9.17) is 9.84 Å². The highest BCUT2D eigenvalue weighted by molar-refractivity contribution is 5.84. The zero-order valence-corrected chi connectivity index (χ0v) is 10.8. The maximum atomic E-state index is 12.1. The van der Waals surface area contributed by atoms with Crippen molar-refractivity contribution >= 4 is 11.9 Å². The predicted molar refractivity (Wildman–Crippen MR) is 68.5 cm³/mol. The quantitative estimate of drug-likeness (QED) is 0.841. The average Bonchev–Trinajstić information content (AvgIpc) is 2.35.